The molecule has 0 aliphatic carbocycles. The molecule has 0 fully saturated rings. The van der Waals surface area contributed by atoms with Crippen LogP contribution in [0.25, 0.3) is 37.0 Å². The lowest BCUT2D eigenvalue weighted by Crippen LogP contribution is -2.36. The fraction of sp³-hybridized carbons (Fsp3) is 0.0408. The Balaban J connectivity index is 1.09. The van der Waals surface area contributed by atoms with Gasteiger partial charge in [0, 0.05) is 37.0 Å². The Morgan fingerprint density at radius 2 is 1.07 bits per heavy atom. The Hall–Kier alpha value is -6.89. The van der Waals surface area contributed by atoms with Crippen LogP contribution in [-0.2, 0) is 0 Å². The van der Waals surface area contributed by atoms with Crippen molar-refractivity contribution in [1.82, 2.24) is 10.6 Å². The van der Waals surface area contributed by atoms with E-state index in [2.05, 4.69) is 156 Å². The molecule has 2 aliphatic heterocycles. The average Bonchev–Trinajstić information content (AvgIpc) is 3.67. The summed E-state index contributed by atoms with van der Waals surface area (Å²) in [5, 5.41) is 9.85. The van der Waals surface area contributed by atoms with E-state index in [-0.39, 0.29) is 12.3 Å². The molecule has 2 atom stereocenters. The number of allylic oxidation sites excluding steroid dienone is 1. The summed E-state index contributed by atoms with van der Waals surface area (Å²) in [6.45, 7) is 0. The molecule has 0 saturated carbocycles. The second-order valence-electron chi connectivity index (χ2n) is 13.7. The Kier molecular flexibility index (Phi) is 8.43. The van der Waals surface area contributed by atoms with Crippen molar-refractivity contribution in [3.63, 3.8) is 0 Å². The van der Waals surface area contributed by atoms with Crippen LogP contribution < -0.4 is 10.6 Å². The van der Waals surface area contributed by atoms with Gasteiger partial charge in [-0.15, -0.1) is 11.3 Å². The van der Waals surface area contributed by atoms with Crippen molar-refractivity contribution in [2.75, 3.05) is 0 Å². The molecule has 6 heteroatoms. The summed E-state index contributed by atoms with van der Waals surface area (Å²) in [6, 6.07) is 63.6. The number of rotatable bonds is 7. The fourth-order valence-corrected chi connectivity index (χ4v) is 8.72. The number of thiophene rings is 1. The van der Waals surface area contributed by atoms with Crippen LogP contribution in [0.1, 0.15) is 45.7 Å². The van der Waals surface area contributed by atoms with Crippen LogP contribution in [0.2, 0.25) is 0 Å². The third kappa shape index (κ3) is 6.33. The monoisotopic (exact) mass is 725 g/mol. The first-order chi connectivity index (χ1) is 27.2. The third-order valence-corrected chi connectivity index (χ3v) is 11.4. The van der Waals surface area contributed by atoms with Crippen LogP contribution in [0.15, 0.2) is 203 Å². The first-order valence-corrected chi connectivity index (χ1v) is 19.3. The third-order valence-electron chi connectivity index (χ3n) is 10.2. The number of hydrogen-bond donors (Lipinski definition) is 2. The van der Waals surface area contributed by atoms with Gasteiger partial charge in [0.15, 0.2) is 6.17 Å². The van der Waals surface area contributed by atoms with E-state index in [1.165, 1.54) is 25.7 Å². The fourth-order valence-electron chi connectivity index (χ4n) is 7.48. The minimum atomic E-state index is -0.368. The maximum Gasteiger partial charge on any atom is 0.169 e. The average molecular weight is 726 g/mol. The summed E-state index contributed by atoms with van der Waals surface area (Å²) >= 11 is 1.81. The molecule has 0 bridgehead atoms. The SMILES string of the molecule is C1=C(c2ccccc2)NC(c2cccc(-c3ccc(C4=NC(c5ccccc5)N=C(c5ccccc5)N4)c4sc5ccccc5c34)c2)N=C1c1ccccc1. The lowest BCUT2D eigenvalue weighted by atomic mass is 9.94. The first kappa shape index (κ1) is 32.7. The molecular weight excluding hydrogens is 691 g/mol. The molecule has 2 aliphatic rings. The second kappa shape index (κ2) is 14.2. The van der Waals surface area contributed by atoms with E-state index in [0.29, 0.717) is 0 Å². The van der Waals surface area contributed by atoms with Gasteiger partial charge in [-0.2, -0.15) is 0 Å². The van der Waals surface area contributed by atoms with E-state index in [1.54, 1.807) is 0 Å². The number of amidine groups is 2. The van der Waals surface area contributed by atoms with Gasteiger partial charge in [0.05, 0.1) is 5.71 Å². The minimum Gasteiger partial charge on any atom is -0.360 e. The molecule has 0 saturated heterocycles. The summed E-state index contributed by atoms with van der Waals surface area (Å²) < 4.78 is 2.42. The highest BCUT2D eigenvalue weighted by Gasteiger charge is 2.25. The summed E-state index contributed by atoms with van der Waals surface area (Å²) in [5.74, 6) is 1.62. The summed E-state index contributed by atoms with van der Waals surface area (Å²) in [4.78, 5) is 15.6. The zero-order valence-electron chi connectivity index (χ0n) is 29.8. The molecule has 8 aromatic rings. The highest BCUT2D eigenvalue weighted by atomic mass is 32.1. The van der Waals surface area contributed by atoms with Crippen molar-refractivity contribution >= 4 is 54.6 Å². The number of hydrogen-bond acceptors (Lipinski definition) is 6. The predicted octanol–water partition coefficient (Wildman–Crippen LogP) is 11.3. The quantitative estimate of drug-likeness (QED) is 0.172. The zero-order chi connectivity index (χ0) is 36.6. The Morgan fingerprint density at radius 1 is 0.473 bits per heavy atom. The Morgan fingerprint density at radius 3 is 1.84 bits per heavy atom. The lowest BCUT2D eigenvalue weighted by Gasteiger charge is -2.25. The molecule has 2 N–H and O–H groups in total. The largest absolute Gasteiger partial charge is 0.360 e. The molecule has 3 heterocycles. The van der Waals surface area contributed by atoms with Crippen LogP contribution >= 0.6 is 11.3 Å². The maximum atomic E-state index is 5.27. The highest BCUT2D eigenvalue weighted by Crippen LogP contribution is 2.43. The molecule has 55 heavy (non-hydrogen) atoms. The van der Waals surface area contributed by atoms with Gasteiger partial charge in [-0.3, -0.25) is 4.99 Å². The van der Waals surface area contributed by atoms with Crippen molar-refractivity contribution in [3.05, 3.63) is 221 Å². The van der Waals surface area contributed by atoms with Gasteiger partial charge in [0.2, 0.25) is 0 Å². The van der Waals surface area contributed by atoms with Gasteiger partial charge < -0.3 is 10.6 Å². The minimum absolute atomic E-state index is 0.268. The Labute approximate surface area is 323 Å². The van der Waals surface area contributed by atoms with E-state index in [9.17, 15) is 0 Å². The van der Waals surface area contributed by atoms with Crippen LogP contribution in [0, 0.1) is 0 Å². The molecule has 7 aromatic carbocycles. The predicted molar refractivity (Wildman–Crippen MR) is 230 cm³/mol. The number of aliphatic imine (C=N–C) groups is 3. The van der Waals surface area contributed by atoms with Crippen molar-refractivity contribution in [2.24, 2.45) is 15.0 Å². The van der Waals surface area contributed by atoms with Crippen molar-refractivity contribution in [3.8, 4) is 11.1 Å². The van der Waals surface area contributed by atoms with E-state index in [4.69, 9.17) is 15.0 Å². The van der Waals surface area contributed by atoms with E-state index >= 15 is 0 Å². The molecule has 0 spiro atoms. The molecule has 0 radical (unpaired) electrons. The standard InChI is InChI=1S/C49H35N5S/c1-5-16-32(17-6-1)41-31-42(33-18-7-2-8-19-33)51-48(50-41)37-25-15-24-36(30-37)38-28-29-40(45-44(38)39-26-13-14-27-43(39)55-45)49-53-46(34-20-9-3-10-21-34)52-47(54-49)35-22-11-4-12-23-35/h1-31,46,48,50H,(H,52,53,54). The number of benzene rings is 7. The molecule has 0 amide bonds. The molecule has 1 aromatic heterocycles. The van der Waals surface area contributed by atoms with Crippen molar-refractivity contribution in [2.45, 2.75) is 12.3 Å². The van der Waals surface area contributed by atoms with Gasteiger partial charge >= 0.3 is 0 Å². The van der Waals surface area contributed by atoms with Gasteiger partial charge in [-0.25, -0.2) is 9.98 Å². The van der Waals surface area contributed by atoms with Gasteiger partial charge in [0.1, 0.15) is 17.8 Å². The summed E-state index contributed by atoms with van der Waals surface area (Å²) in [5.41, 5.74) is 10.8. The molecule has 2 unspecified atom stereocenters. The zero-order valence-corrected chi connectivity index (χ0v) is 30.6. The van der Waals surface area contributed by atoms with Gasteiger partial charge in [0.25, 0.3) is 0 Å². The van der Waals surface area contributed by atoms with Crippen LogP contribution in [-0.4, -0.2) is 17.4 Å². The number of nitrogens with one attached hydrogen (secondary N) is 2. The lowest BCUT2D eigenvalue weighted by molar-refractivity contribution is 0.664. The van der Waals surface area contributed by atoms with Crippen molar-refractivity contribution < 1.29 is 0 Å². The normalized spacial score (nSPS) is 16.7. The van der Waals surface area contributed by atoms with E-state index in [0.717, 1.165) is 62.0 Å². The second-order valence-corrected chi connectivity index (χ2v) is 14.7. The first-order valence-electron chi connectivity index (χ1n) is 18.5. The highest BCUT2D eigenvalue weighted by molar-refractivity contribution is 7.26. The van der Waals surface area contributed by atoms with Crippen LogP contribution in [0.4, 0.5) is 0 Å². The van der Waals surface area contributed by atoms with Crippen LogP contribution in [0.3, 0.4) is 0 Å². The summed E-state index contributed by atoms with van der Waals surface area (Å²) in [6.07, 6.45) is 1.52. The topological polar surface area (TPSA) is 61.1 Å². The van der Waals surface area contributed by atoms with Gasteiger partial charge in [-0.1, -0.05) is 164 Å². The van der Waals surface area contributed by atoms with Crippen molar-refractivity contribution in [1.29, 1.82) is 0 Å². The van der Waals surface area contributed by atoms with E-state index in [1.807, 2.05) is 53.8 Å². The molecule has 10 rings (SSSR count). The summed E-state index contributed by atoms with van der Waals surface area (Å²) in [7, 11) is 0. The Bertz CT molecular complexity index is 2800. The number of fused-ring (bicyclic) bond motifs is 3. The molecule has 262 valence electrons. The number of nitrogens with zero attached hydrogens (tertiary/aromatic N) is 3. The van der Waals surface area contributed by atoms with E-state index < -0.39 is 0 Å². The molecular formula is C49H35N5S. The maximum absolute atomic E-state index is 5.27. The van der Waals surface area contributed by atoms with Crippen LogP contribution in [0.5, 0.6) is 0 Å². The molecule has 5 nitrogen and oxygen atoms in total. The van der Waals surface area contributed by atoms with Gasteiger partial charge in [-0.05, 0) is 57.7 Å². The smallest absolute Gasteiger partial charge is 0.169 e.